The van der Waals surface area contributed by atoms with E-state index in [9.17, 15) is 4.79 Å². The average molecular weight is 248 g/mol. The molecule has 96 valence electrons. The Morgan fingerprint density at radius 3 is 3.06 bits per heavy atom. The maximum Gasteiger partial charge on any atom is 0.231 e. The summed E-state index contributed by atoms with van der Waals surface area (Å²) in [5.41, 5.74) is 0.759. The normalized spacial score (nSPS) is 21.7. The van der Waals surface area contributed by atoms with Gasteiger partial charge in [0.05, 0.1) is 5.92 Å². The molecule has 1 aromatic rings. The minimum absolute atomic E-state index is 0.0594. The third kappa shape index (κ3) is 2.26. The predicted molar refractivity (Wildman–Crippen MR) is 66.8 cm³/mol. The van der Waals surface area contributed by atoms with E-state index in [2.05, 4.69) is 10.6 Å². The van der Waals surface area contributed by atoms with E-state index in [1.165, 1.54) is 0 Å². The van der Waals surface area contributed by atoms with Gasteiger partial charge in [0, 0.05) is 18.3 Å². The Morgan fingerprint density at radius 1 is 1.33 bits per heavy atom. The van der Waals surface area contributed by atoms with Crippen LogP contribution in [-0.4, -0.2) is 25.8 Å². The predicted octanol–water partition coefficient (Wildman–Crippen LogP) is 1.35. The first-order valence-electron chi connectivity index (χ1n) is 6.24. The van der Waals surface area contributed by atoms with Crippen LogP contribution in [-0.2, 0) is 4.79 Å². The highest BCUT2D eigenvalue weighted by atomic mass is 16.7. The highest BCUT2D eigenvalue weighted by Gasteiger charge is 2.21. The first kappa shape index (κ1) is 11.3. The summed E-state index contributed by atoms with van der Waals surface area (Å²) in [6.07, 6.45) is 2.00. The largest absolute Gasteiger partial charge is 0.454 e. The van der Waals surface area contributed by atoms with E-state index < -0.39 is 0 Å². The average Bonchev–Trinajstić information content (AvgIpc) is 2.87. The van der Waals surface area contributed by atoms with Gasteiger partial charge in [-0.3, -0.25) is 4.79 Å². The number of anilines is 1. The van der Waals surface area contributed by atoms with Crippen molar-refractivity contribution >= 4 is 11.6 Å². The Bertz CT molecular complexity index is 456. The number of benzene rings is 1. The van der Waals surface area contributed by atoms with Crippen LogP contribution >= 0.6 is 0 Å². The number of amides is 1. The van der Waals surface area contributed by atoms with E-state index in [1.807, 2.05) is 12.1 Å². The van der Waals surface area contributed by atoms with Crippen LogP contribution in [0.2, 0.25) is 0 Å². The molecule has 2 aliphatic heterocycles. The summed E-state index contributed by atoms with van der Waals surface area (Å²) in [6.45, 7) is 2.02. The molecule has 1 saturated heterocycles. The number of carbonyl (C=O) groups is 1. The molecule has 0 spiro atoms. The molecule has 0 aromatic heterocycles. The maximum absolute atomic E-state index is 12.0. The number of piperidine rings is 1. The van der Waals surface area contributed by atoms with Gasteiger partial charge in [0.25, 0.3) is 0 Å². The Balaban J connectivity index is 1.66. The Kier molecular flexibility index (Phi) is 3.06. The molecule has 2 heterocycles. The fraction of sp³-hybridized carbons (Fsp3) is 0.462. The SMILES string of the molecule is O=C(Nc1ccc2c(c1)OCO2)C1CCCNC1. The van der Waals surface area contributed by atoms with Crippen molar-refractivity contribution in [2.45, 2.75) is 12.8 Å². The maximum atomic E-state index is 12.0. The van der Waals surface area contributed by atoms with Crippen LogP contribution in [0.3, 0.4) is 0 Å². The van der Waals surface area contributed by atoms with Gasteiger partial charge in [-0.15, -0.1) is 0 Å². The number of ether oxygens (including phenoxy) is 2. The van der Waals surface area contributed by atoms with E-state index in [0.717, 1.165) is 37.4 Å². The number of hydrogen-bond donors (Lipinski definition) is 2. The molecule has 1 unspecified atom stereocenters. The Morgan fingerprint density at radius 2 is 2.22 bits per heavy atom. The van der Waals surface area contributed by atoms with E-state index >= 15 is 0 Å². The van der Waals surface area contributed by atoms with Crippen molar-refractivity contribution in [1.29, 1.82) is 0 Å². The van der Waals surface area contributed by atoms with Crippen molar-refractivity contribution in [2.24, 2.45) is 5.92 Å². The molecule has 3 rings (SSSR count). The zero-order valence-corrected chi connectivity index (χ0v) is 10.1. The molecule has 18 heavy (non-hydrogen) atoms. The lowest BCUT2D eigenvalue weighted by Gasteiger charge is -2.21. The van der Waals surface area contributed by atoms with Gasteiger partial charge in [-0.05, 0) is 31.5 Å². The molecule has 1 amide bonds. The molecule has 0 aliphatic carbocycles. The number of hydrogen-bond acceptors (Lipinski definition) is 4. The summed E-state index contributed by atoms with van der Waals surface area (Å²) < 4.78 is 10.5. The summed E-state index contributed by atoms with van der Waals surface area (Å²) in [5, 5.41) is 6.16. The fourth-order valence-corrected chi connectivity index (χ4v) is 2.29. The highest BCUT2D eigenvalue weighted by molar-refractivity contribution is 5.93. The lowest BCUT2D eigenvalue weighted by Crippen LogP contribution is -2.37. The molecule has 2 aliphatic rings. The standard InChI is InChI=1S/C13H16N2O3/c16-13(9-2-1-5-14-7-9)15-10-3-4-11-12(6-10)18-8-17-11/h3-4,6,9,14H,1-2,5,7-8H2,(H,15,16). The van der Waals surface area contributed by atoms with Crippen LogP contribution < -0.4 is 20.1 Å². The highest BCUT2D eigenvalue weighted by Crippen LogP contribution is 2.34. The summed E-state index contributed by atoms with van der Waals surface area (Å²) in [6, 6.07) is 5.45. The van der Waals surface area contributed by atoms with Crippen LogP contribution in [0.15, 0.2) is 18.2 Å². The minimum Gasteiger partial charge on any atom is -0.454 e. The molecular weight excluding hydrogens is 232 g/mol. The third-order valence-electron chi connectivity index (χ3n) is 3.31. The first-order valence-corrected chi connectivity index (χ1v) is 6.24. The van der Waals surface area contributed by atoms with Gasteiger partial charge < -0.3 is 20.1 Å². The lowest BCUT2D eigenvalue weighted by molar-refractivity contribution is -0.120. The molecule has 0 bridgehead atoms. The quantitative estimate of drug-likeness (QED) is 0.829. The summed E-state index contributed by atoms with van der Waals surface area (Å²) in [7, 11) is 0. The molecule has 0 radical (unpaired) electrons. The van der Waals surface area contributed by atoms with Gasteiger partial charge in [-0.2, -0.15) is 0 Å². The molecule has 1 atom stereocenters. The van der Waals surface area contributed by atoms with Gasteiger partial charge in [0.15, 0.2) is 11.5 Å². The molecule has 1 fully saturated rings. The number of fused-ring (bicyclic) bond motifs is 1. The summed E-state index contributed by atoms with van der Waals surface area (Å²) in [5.74, 6) is 1.55. The van der Waals surface area contributed by atoms with Crippen molar-refractivity contribution < 1.29 is 14.3 Å². The van der Waals surface area contributed by atoms with Gasteiger partial charge in [0.2, 0.25) is 12.7 Å². The van der Waals surface area contributed by atoms with Gasteiger partial charge in [-0.25, -0.2) is 0 Å². The monoisotopic (exact) mass is 248 g/mol. The smallest absolute Gasteiger partial charge is 0.231 e. The van der Waals surface area contributed by atoms with Crippen molar-refractivity contribution in [3.63, 3.8) is 0 Å². The zero-order valence-electron chi connectivity index (χ0n) is 10.1. The Hall–Kier alpha value is -1.75. The van der Waals surface area contributed by atoms with Crippen LogP contribution in [0.25, 0.3) is 0 Å². The minimum atomic E-state index is 0.0594. The topological polar surface area (TPSA) is 59.6 Å². The molecular formula is C13H16N2O3. The molecule has 2 N–H and O–H groups in total. The van der Waals surface area contributed by atoms with Crippen molar-refractivity contribution in [3.8, 4) is 11.5 Å². The summed E-state index contributed by atoms with van der Waals surface area (Å²) >= 11 is 0. The van der Waals surface area contributed by atoms with Crippen LogP contribution in [0, 0.1) is 5.92 Å². The molecule has 5 nitrogen and oxygen atoms in total. The first-order chi connectivity index (χ1) is 8.83. The van der Waals surface area contributed by atoms with Crippen LogP contribution in [0.4, 0.5) is 5.69 Å². The van der Waals surface area contributed by atoms with Crippen molar-refractivity contribution in [3.05, 3.63) is 18.2 Å². The van der Waals surface area contributed by atoms with E-state index in [-0.39, 0.29) is 18.6 Å². The van der Waals surface area contributed by atoms with Crippen LogP contribution in [0.1, 0.15) is 12.8 Å². The van der Waals surface area contributed by atoms with E-state index in [4.69, 9.17) is 9.47 Å². The zero-order chi connectivity index (χ0) is 12.4. The van der Waals surface area contributed by atoms with E-state index in [1.54, 1.807) is 6.07 Å². The van der Waals surface area contributed by atoms with E-state index in [0.29, 0.717) is 5.75 Å². The fourth-order valence-electron chi connectivity index (χ4n) is 2.29. The van der Waals surface area contributed by atoms with Crippen LogP contribution in [0.5, 0.6) is 11.5 Å². The second-order valence-corrected chi connectivity index (χ2v) is 4.60. The number of carbonyl (C=O) groups excluding carboxylic acids is 1. The molecule has 1 aromatic carbocycles. The second-order valence-electron chi connectivity index (χ2n) is 4.60. The molecule has 0 saturated carbocycles. The van der Waals surface area contributed by atoms with Gasteiger partial charge in [-0.1, -0.05) is 0 Å². The van der Waals surface area contributed by atoms with Gasteiger partial charge in [0.1, 0.15) is 0 Å². The number of rotatable bonds is 2. The second kappa shape index (κ2) is 4.86. The Labute approximate surface area is 105 Å². The molecule has 5 heteroatoms. The van der Waals surface area contributed by atoms with Crippen molar-refractivity contribution in [1.82, 2.24) is 5.32 Å². The van der Waals surface area contributed by atoms with Gasteiger partial charge >= 0.3 is 0 Å². The number of nitrogens with one attached hydrogen (secondary N) is 2. The third-order valence-corrected chi connectivity index (χ3v) is 3.31. The lowest BCUT2D eigenvalue weighted by atomic mass is 9.99. The van der Waals surface area contributed by atoms with Crippen molar-refractivity contribution in [2.75, 3.05) is 25.2 Å². The summed E-state index contributed by atoms with van der Waals surface area (Å²) in [4.78, 5) is 12.0.